The van der Waals surface area contributed by atoms with Crippen molar-refractivity contribution in [1.29, 1.82) is 0 Å². The molecule has 7 nitrogen and oxygen atoms in total. The Morgan fingerprint density at radius 1 is 0.854 bits per heavy atom. The van der Waals surface area contributed by atoms with Crippen LogP contribution in [-0.2, 0) is 38.6 Å². The van der Waals surface area contributed by atoms with Crippen LogP contribution in [0.2, 0.25) is 0 Å². The van der Waals surface area contributed by atoms with Gasteiger partial charge in [-0.25, -0.2) is 9.59 Å². The van der Waals surface area contributed by atoms with E-state index in [1.807, 2.05) is 79.7 Å². The number of carbonyl (C=O) groups is 3. The molecule has 41 heavy (non-hydrogen) atoms. The first-order chi connectivity index (χ1) is 19.9. The summed E-state index contributed by atoms with van der Waals surface area (Å²) in [6, 6.07) is 24.7. The van der Waals surface area contributed by atoms with E-state index in [1.165, 1.54) is 11.1 Å². The van der Waals surface area contributed by atoms with E-state index >= 15 is 0 Å². The Morgan fingerprint density at radius 2 is 1.51 bits per heavy atom. The van der Waals surface area contributed by atoms with Gasteiger partial charge in [0.1, 0.15) is 19.0 Å². The minimum atomic E-state index is -0.796. The van der Waals surface area contributed by atoms with Gasteiger partial charge in [-0.15, -0.1) is 0 Å². The predicted octanol–water partition coefficient (Wildman–Crippen LogP) is 7.16. The SMILES string of the molecule is C[C@]12CC[C@@H]3c4ccc(OC(=O)OCc5ccccc5)cc4CC[C@H]3[C@@H]1C[C@H](OC(=O)OCc1ccccc1)C2=O. The fourth-order valence-electron chi connectivity index (χ4n) is 7.20. The van der Waals surface area contributed by atoms with Gasteiger partial charge in [0.05, 0.1) is 0 Å². The molecule has 3 aromatic rings. The van der Waals surface area contributed by atoms with Crippen molar-refractivity contribution in [3.63, 3.8) is 0 Å². The van der Waals surface area contributed by atoms with E-state index in [-0.39, 0.29) is 24.9 Å². The quantitative estimate of drug-likeness (QED) is 0.236. The molecule has 0 aromatic heterocycles. The summed E-state index contributed by atoms with van der Waals surface area (Å²) in [5.41, 5.74) is 3.68. The zero-order chi connectivity index (χ0) is 28.4. The highest BCUT2D eigenvalue weighted by molar-refractivity contribution is 5.92. The summed E-state index contributed by atoms with van der Waals surface area (Å²) < 4.78 is 21.6. The van der Waals surface area contributed by atoms with Gasteiger partial charge in [-0.3, -0.25) is 4.79 Å². The average molecular weight is 555 g/mol. The Morgan fingerprint density at radius 3 is 2.20 bits per heavy atom. The molecule has 7 heteroatoms. The van der Waals surface area contributed by atoms with Crippen molar-refractivity contribution in [3.8, 4) is 5.75 Å². The van der Waals surface area contributed by atoms with Gasteiger partial charge in [0, 0.05) is 5.41 Å². The first-order valence-electron chi connectivity index (χ1n) is 14.3. The molecule has 0 unspecified atom stereocenters. The summed E-state index contributed by atoms with van der Waals surface area (Å²) in [7, 11) is 0. The lowest BCUT2D eigenvalue weighted by molar-refractivity contribution is -0.136. The van der Waals surface area contributed by atoms with Crippen LogP contribution in [0.1, 0.15) is 60.8 Å². The lowest BCUT2D eigenvalue weighted by Crippen LogP contribution is -2.43. The third-order valence-corrected chi connectivity index (χ3v) is 9.25. The number of carbonyl (C=O) groups excluding carboxylic acids is 3. The third kappa shape index (κ3) is 5.58. The number of benzene rings is 3. The van der Waals surface area contributed by atoms with E-state index in [9.17, 15) is 14.4 Å². The molecule has 3 aliphatic rings. The molecule has 0 N–H and O–H groups in total. The van der Waals surface area contributed by atoms with E-state index in [4.69, 9.17) is 18.9 Å². The van der Waals surface area contributed by atoms with Gasteiger partial charge in [-0.1, -0.05) is 73.7 Å². The second kappa shape index (κ2) is 11.4. The molecule has 0 saturated heterocycles. The number of hydrogen-bond acceptors (Lipinski definition) is 7. The van der Waals surface area contributed by atoms with Crippen LogP contribution in [0.4, 0.5) is 9.59 Å². The summed E-state index contributed by atoms with van der Waals surface area (Å²) in [6.07, 6.45) is 1.63. The largest absolute Gasteiger partial charge is 0.514 e. The second-order valence-corrected chi connectivity index (χ2v) is 11.6. The number of aryl methyl sites for hydroxylation is 1. The number of fused-ring (bicyclic) bond motifs is 5. The summed E-state index contributed by atoms with van der Waals surface area (Å²) in [6.45, 7) is 2.31. The summed E-state index contributed by atoms with van der Waals surface area (Å²) in [4.78, 5) is 38.2. The first-order valence-corrected chi connectivity index (χ1v) is 14.3. The molecular weight excluding hydrogens is 520 g/mol. The number of rotatable bonds is 6. The Kier molecular flexibility index (Phi) is 7.52. The Bertz CT molecular complexity index is 1420. The minimum Gasteiger partial charge on any atom is -0.429 e. The van der Waals surface area contributed by atoms with Gasteiger partial charge < -0.3 is 18.9 Å². The number of Topliss-reactive ketones (excluding diaryl/α,β-unsaturated/α-hetero) is 1. The molecular formula is C34H34O7. The maximum atomic E-state index is 13.5. The number of ether oxygens (including phenoxy) is 4. The standard InChI is InChI=1S/C34H34O7/c1-34-17-16-27-26-15-13-25(40-32(36)38-20-22-8-4-2-5-9-22)18-24(26)12-14-28(27)29(34)19-30(31(34)35)41-33(37)39-21-23-10-6-3-7-11-23/h2-11,13,15,18,27-30H,12,14,16-17,19-21H2,1H3/t27-,28-,29+,30+,34+/m1/s1. The van der Waals surface area contributed by atoms with E-state index < -0.39 is 23.8 Å². The molecule has 3 aromatic carbocycles. The molecule has 0 radical (unpaired) electrons. The van der Waals surface area contributed by atoms with Gasteiger partial charge in [-0.2, -0.15) is 0 Å². The van der Waals surface area contributed by atoms with Crippen LogP contribution in [-0.4, -0.2) is 24.2 Å². The van der Waals surface area contributed by atoms with Crippen LogP contribution in [0.25, 0.3) is 0 Å². The highest BCUT2D eigenvalue weighted by Crippen LogP contribution is 2.60. The van der Waals surface area contributed by atoms with E-state index in [0.717, 1.165) is 36.8 Å². The molecule has 2 fully saturated rings. The topological polar surface area (TPSA) is 88.1 Å². The van der Waals surface area contributed by atoms with Crippen molar-refractivity contribution in [2.45, 2.75) is 64.3 Å². The van der Waals surface area contributed by atoms with Crippen LogP contribution >= 0.6 is 0 Å². The molecule has 5 atom stereocenters. The van der Waals surface area contributed by atoms with E-state index in [2.05, 4.69) is 6.07 Å². The van der Waals surface area contributed by atoms with Gasteiger partial charge in [0.15, 0.2) is 11.9 Å². The molecule has 0 bridgehead atoms. The second-order valence-electron chi connectivity index (χ2n) is 11.6. The van der Waals surface area contributed by atoms with Crippen molar-refractivity contribution in [2.75, 3.05) is 0 Å². The zero-order valence-electron chi connectivity index (χ0n) is 23.1. The molecule has 3 aliphatic carbocycles. The van der Waals surface area contributed by atoms with Crippen LogP contribution in [0.15, 0.2) is 78.9 Å². The number of hydrogen-bond donors (Lipinski definition) is 0. The van der Waals surface area contributed by atoms with Crippen LogP contribution < -0.4 is 4.74 Å². The van der Waals surface area contributed by atoms with E-state index in [1.54, 1.807) is 0 Å². The van der Waals surface area contributed by atoms with Crippen molar-refractivity contribution >= 4 is 18.1 Å². The van der Waals surface area contributed by atoms with E-state index in [0.29, 0.717) is 24.0 Å². The lowest BCUT2D eigenvalue weighted by Gasteiger charge is -2.48. The van der Waals surface area contributed by atoms with Gasteiger partial charge in [0.2, 0.25) is 0 Å². The third-order valence-electron chi connectivity index (χ3n) is 9.25. The normalized spacial score (nSPS) is 26.2. The predicted molar refractivity (Wildman–Crippen MR) is 150 cm³/mol. The maximum absolute atomic E-state index is 13.5. The van der Waals surface area contributed by atoms with Crippen molar-refractivity contribution in [1.82, 2.24) is 0 Å². The Balaban J connectivity index is 1.08. The highest BCUT2D eigenvalue weighted by Gasteiger charge is 2.59. The Labute approximate surface area is 239 Å². The van der Waals surface area contributed by atoms with Crippen LogP contribution in [0, 0.1) is 17.3 Å². The average Bonchev–Trinajstić information content (AvgIpc) is 3.25. The van der Waals surface area contributed by atoms with Crippen molar-refractivity contribution in [2.24, 2.45) is 17.3 Å². The van der Waals surface area contributed by atoms with Gasteiger partial charge in [-0.05, 0) is 84.2 Å². The monoisotopic (exact) mass is 554 g/mol. The molecule has 0 spiro atoms. The van der Waals surface area contributed by atoms with Crippen LogP contribution in [0.5, 0.6) is 5.75 Å². The lowest BCUT2D eigenvalue weighted by atomic mass is 9.55. The minimum absolute atomic E-state index is 0.0150. The highest BCUT2D eigenvalue weighted by atomic mass is 16.7. The molecule has 2 saturated carbocycles. The summed E-state index contributed by atoms with van der Waals surface area (Å²) in [5, 5.41) is 0. The first kappa shape index (κ1) is 27.1. The maximum Gasteiger partial charge on any atom is 0.514 e. The smallest absolute Gasteiger partial charge is 0.429 e. The molecule has 0 aliphatic heterocycles. The number of ketones is 1. The molecule has 6 rings (SSSR count). The Hall–Kier alpha value is -4.13. The zero-order valence-corrected chi connectivity index (χ0v) is 23.1. The molecule has 0 amide bonds. The summed E-state index contributed by atoms with van der Waals surface area (Å²) >= 11 is 0. The fraction of sp³-hybridized carbons (Fsp3) is 0.382. The van der Waals surface area contributed by atoms with Gasteiger partial charge >= 0.3 is 12.3 Å². The van der Waals surface area contributed by atoms with Gasteiger partial charge in [0.25, 0.3) is 0 Å². The fourth-order valence-corrected chi connectivity index (χ4v) is 7.20. The molecule has 212 valence electrons. The van der Waals surface area contributed by atoms with Crippen LogP contribution in [0.3, 0.4) is 0 Å². The van der Waals surface area contributed by atoms with Crippen molar-refractivity contribution < 1.29 is 33.3 Å². The summed E-state index contributed by atoms with van der Waals surface area (Å²) in [5.74, 6) is 1.26. The van der Waals surface area contributed by atoms with Crippen molar-refractivity contribution in [3.05, 3.63) is 101 Å². The molecule has 0 heterocycles.